The first-order valence-electron chi connectivity index (χ1n) is 7.22. The van der Waals surface area contributed by atoms with Gasteiger partial charge in [-0.05, 0) is 50.1 Å². The van der Waals surface area contributed by atoms with Crippen molar-refractivity contribution in [1.29, 1.82) is 0 Å². The summed E-state index contributed by atoms with van der Waals surface area (Å²) in [6, 6.07) is 0. The number of hydrogen-bond acceptors (Lipinski definition) is 2. The summed E-state index contributed by atoms with van der Waals surface area (Å²) in [6.07, 6.45) is 8.70. The van der Waals surface area contributed by atoms with Gasteiger partial charge in [0.2, 0.25) is 0 Å². The minimum atomic E-state index is 0.780. The monoisotopic (exact) mass is 224 g/mol. The van der Waals surface area contributed by atoms with Gasteiger partial charge in [-0.15, -0.1) is 0 Å². The van der Waals surface area contributed by atoms with Gasteiger partial charge < -0.3 is 10.6 Å². The fraction of sp³-hybridized carbons (Fsp3) is 1.00. The van der Waals surface area contributed by atoms with E-state index in [4.69, 9.17) is 5.73 Å². The fourth-order valence-corrected chi connectivity index (χ4v) is 3.53. The summed E-state index contributed by atoms with van der Waals surface area (Å²) < 4.78 is 0. The lowest BCUT2D eigenvalue weighted by atomic mass is 9.85. The van der Waals surface area contributed by atoms with Gasteiger partial charge in [-0.3, -0.25) is 0 Å². The molecule has 2 atom stereocenters. The maximum atomic E-state index is 5.80. The molecule has 0 spiro atoms. The summed E-state index contributed by atoms with van der Waals surface area (Å²) in [6.45, 7) is 7.21. The predicted octanol–water partition coefficient (Wildman–Crippen LogP) is 2.48. The first-order chi connectivity index (χ1) is 7.79. The molecule has 1 aliphatic heterocycles. The lowest BCUT2D eigenvalue weighted by Crippen LogP contribution is -2.43. The number of nitrogens with two attached hydrogens (primary N) is 1. The van der Waals surface area contributed by atoms with Crippen LogP contribution < -0.4 is 5.73 Å². The minimum Gasteiger partial charge on any atom is -0.330 e. The molecule has 2 unspecified atom stereocenters. The summed E-state index contributed by atoms with van der Waals surface area (Å²) in [5.41, 5.74) is 5.80. The Hall–Kier alpha value is -0.0800. The molecule has 16 heavy (non-hydrogen) atoms. The van der Waals surface area contributed by atoms with E-state index in [0.29, 0.717) is 0 Å². The molecular weight excluding hydrogens is 196 g/mol. The topological polar surface area (TPSA) is 29.3 Å². The van der Waals surface area contributed by atoms with Gasteiger partial charge in [-0.25, -0.2) is 0 Å². The normalized spacial score (nSPS) is 34.1. The van der Waals surface area contributed by atoms with Crippen LogP contribution in [0.4, 0.5) is 0 Å². The Bertz CT molecular complexity index is 199. The Balaban J connectivity index is 1.74. The molecule has 1 heterocycles. The molecule has 1 saturated carbocycles. The van der Waals surface area contributed by atoms with Crippen molar-refractivity contribution < 1.29 is 0 Å². The second-order valence-electron chi connectivity index (χ2n) is 6.03. The highest BCUT2D eigenvalue weighted by Crippen LogP contribution is 2.27. The van der Waals surface area contributed by atoms with Crippen LogP contribution in [0.15, 0.2) is 0 Å². The highest BCUT2D eigenvalue weighted by Gasteiger charge is 2.26. The average molecular weight is 224 g/mol. The van der Waals surface area contributed by atoms with Crippen LogP contribution >= 0.6 is 0 Å². The van der Waals surface area contributed by atoms with E-state index < -0.39 is 0 Å². The van der Waals surface area contributed by atoms with E-state index in [1.807, 2.05) is 0 Å². The van der Waals surface area contributed by atoms with Gasteiger partial charge in [0.05, 0.1) is 0 Å². The molecule has 1 aliphatic carbocycles. The molecule has 2 heteroatoms. The zero-order chi connectivity index (χ0) is 11.4. The van der Waals surface area contributed by atoms with Crippen molar-refractivity contribution in [3.63, 3.8) is 0 Å². The summed E-state index contributed by atoms with van der Waals surface area (Å²) in [5.74, 6) is 2.58. The molecule has 2 nitrogen and oxygen atoms in total. The van der Waals surface area contributed by atoms with Crippen LogP contribution in [0.5, 0.6) is 0 Å². The molecule has 0 aromatic carbocycles. The quantitative estimate of drug-likeness (QED) is 0.798. The van der Waals surface area contributed by atoms with Crippen molar-refractivity contribution in [2.75, 3.05) is 26.2 Å². The molecule has 2 aliphatic rings. The highest BCUT2D eigenvalue weighted by atomic mass is 15.1. The Morgan fingerprint density at radius 1 is 1.12 bits per heavy atom. The Labute approximate surface area is 101 Å². The second-order valence-corrected chi connectivity index (χ2v) is 6.03. The summed E-state index contributed by atoms with van der Waals surface area (Å²) in [4.78, 5) is 2.70. The van der Waals surface area contributed by atoms with Crippen LogP contribution in [-0.2, 0) is 0 Å². The van der Waals surface area contributed by atoms with Crippen molar-refractivity contribution >= 4 is 0 Å². The van der Waals surface area contributed by atoms with Crippen LogP contribution in [-0.4, -0.2) is 31.1 Å². The second kappa shape index (κ2) is 6.02. The molecule has 0 aromatic rings. The van der Waals surface area contributed by atoms with Crippen LogP contribution in [0.2, 0.25) is 0 Å². The van der Waals surface area contributed by atoms with E-state index in [2.05, 4.69) is 11.8 Å². The van der Waals surface area contributed by atoms with E-state index in [-0.39, 0.29) is 0 Å². The number of piperidine rings is 1. The molecule has 2 fully saturated rings. The molecule has 0 aromatic heterocycles. The number of hydrogen-bond donors (Lipinski definition) is 1. The smallest absolute Gasteiger partial charge is 0.00103 e. The molecule has 1 saturated heterocycles. The van der Waals surface area contributed by atoms with Gasteiger partial charge in [-0.1, -0.05) is 26.2 Å². The van der Waals surface area contributed by atoms with Gasteiger partial charge in [0, 0.05) is 13.1 Å². The molecule has 0 bridgehead atoms. The van der Waals surface area contributed by atoms with E-state index in [0.717, 1.165) is 24.3 Å². The number of rotatable bonds is 3. The van der Waals surface area contributed by atoms with Crippen molar-refractivity contribution in [1.82, 2.24) is 4.90 Å². The summed E-state index contributed by atoms with van der Waals surface area (Å²) >= 11 is 0. The van der Waals surface area contributed by atoms with Crippen LogP contribution in [0.1, 0.15) is 45.4 Å². The van der Waals surface area contributed by atoms with Crippen LogP contribution in [0.25, 0.3) is 0 Å². The third-order valence-electron chi connectivity index (χ3n) is 4.71. The first-order valence-corrected chi connectivity index (χ1v) is 7.22. The predicted molar refractivity (Wildman–Crippen MR) is 69.3 cm³/mol. The number of likely N-dealkylation sites (tertiary alicyclic amines) is 1. The maximum Gasteiger partial charge on any atom is 0.00103 e. The van der Waals surface area contributed by atoms with Crippen molar-refractivity contribution in [2.24, 2.45) is 23.5 Å². The molecule has 0 radical (unpaired) electrons. The average Bonchev–Trinajstić information content (AvgIpc) is 2.31. The van der Waals surface area contributed by atoms with Gasteiger partial charge in [0.25, 0.3) is 0 Å². The Morgan fingerprint density at radius 2 is 1.88 bits per heavy atom. The Kier molecular flexibility index (Phi) is 4.66. The largest absolute Gasteiger partial charge is 0.330 e. The van der Waals surface area contributed by atoms with Crippen LogP contribution in [0.3, 0.4) is 0 Å². The molecule has 0 amide bonds. The van der Waals surface area contributed by atoms with Crippen molar-refractivity contribution in [2.45, 2.75) is 45.4 Å². The van der Waals surface area contributed by atoms with Gasteiger partial charge in [-0.2, -0.15) is 0 Å². The minimum absolute atomic E-state index is 0.780. The SMILES string of the molecule is CC1CN(CC2CCCCC2)CCC1CN. The van der Waals surface area contributed by atoms with Gasteiger partial charge in [0.1, 0.15) is 0 Å². The van der Waals surface area contributed by atoms with E-state index >= 15 is 0 Å². The zero-order valence-electron chi connectivity index (χ0n) is 10.8. The first kappa shape index (κ1) is 12.4. The molecule has 94 valence electrons. The maximum absolute atomic E-state index is 5.80. The zero-order valence-corrected chi connectivity index (χ0v) is 10.8. The van der Waals surface area contributed by atoms with E-state index in [9.17, 15) is 0 Å². The standard InChI is InChI=1S/C14H28N2/c1-12-10-16(8-7-14(12)9-15)11-13-5-3-2-4-6-13/h12-14H,2-11,15H2,1H3. The third kappa shape index (κ3) is 3.21. The van der Waals surface area contributed by atoms with E-state index in [1.54, 1.807) is 0 Å². The highest BCUT2D eigenvalue weighted by molar-refractivity contribution is 4.80. The van der Waals surface area contributed by atoms with Gasteiger partial charge >= 0.3 is 0 Å². The van der Waals surface area contributed by atoms with Gasteiger partial charge in [0.15, 0.2) is 0 Å². The van der Waals surface area contributed by atoms with Crippen molar-refractivity contribution in [3.05, 3.63) is 0 Å². The Morgan fingerprint density at radius 3 is 2.50 bits per heavy atom. The van der Waals surface area contributed by atoms with Crippen LogP contribution in [0, 0.1) is 17.8 Å². The summed E-state index contributed by atoms with van der Waals surface area (Å²) in [5, 5.41) is 0. The third-order valence-corrected chi connectivity index (χ3v) is 4.71. The fourth-order valence-electron chi connectivity index (χ4n) is 3.53. The molecular formula is C14H28N2. The number of nitrogens with zero attached hydrogens (tertiary/aromatic N) is 1. The lowest BCUT2D eigenvalue weighted by molar-refractivity contribution is 0.107. The molecule has 2 N–H and O–H groups in total. The van der Waals surface area contributed by atoms with E-state index in [1.165, 1.54) is 58.2 Å². The van der Waals surface area contributed by atoms with Crippen molar-refractivity contribution in [3.8, 4) is 0 Å². The summed E-state index contributed by atoms with van der Waals surface area (Å²) in [7, 11) is 0. The lowest BCUT2D eigenvalue weighted by Gasteiger charge is -2.38. The molecule has 2 rings (SSSR count).